The lowest BCUT2D eigenvalue weighted by molar-refractivity contribution is 0.407. The van der Waals surface area contributed by atoms with Gasteiger partial charge in [-0.05, 0) is 5.56 Å². The average molecular weight is 188 g/mol. The largest absolute Gasteiger partial charge is 0.304 e. The molecule has 12 heavy (non-hydrogen) atoms. The maximum absolute atomic E-state index is 12.7. The first-order valence-electron chi connectivity index (χ1n) is 3.48. The maximum Gasteiger partial charge on any atom is 0.204 e. The summed E-state index contributed by atoms with van der Waals surface area (Å²) in [5.41, 5.74) is -0.959. The second-order valence-corrected chi connectivity index (χ2v) is 3.44. The SMILES string of the molecule is O=S(O)C(F)Cc1ccccc1. The lowest BCUT2D eigenvalue weighted by Crippen LogP contribution is -2.10. The van der Waals surface area contributed by atoms with Crippen molar-refractivity contribution < 1.29 is 13.2 Å². The van der Waals surface area contributed by atoms with Crippen molar-refractivity contribution in [2.45, 2.75) is 11.9 Å². The molecule has 1 N–H and O–H groups in total. The summed E-state index contributed by atoms with van der Waals surface area (Å²) in [7, 11) is 0. The average Bonchev–Trinajstić information content (AvgIpc) is 2.06. The zero-order chi connectivity index (χ0) is 8.97. The van der Waals surface area contributed by atoms with Gasteiger partial charge in [0.25, 0.3) is 0 Å². The molecule has 1 aromatic carbocycles. The van der Waals surface area contributed by atoms with E-state index in [2.05, 4.69) is 0 Å². The minimum absolute atomic E-state index is 0.00997. The summed E-state index contributed by atoms with van der Waals surface area (Å²) in [6.45, 7) is 0. The molecule has 0 heterocycles. The van der Waals surface area contributed by atoms with Crippen LogP contribution in [0.25, 0.3) is 0 Å². The van der Waals surface area contributed by atoms with E-state index in [0.29, 0.717) is 0 Å². The fourth-order valence-corrected chi connectivity index (χ4v) is 1.21. The van der Waals surface area contributed by atoms with Gasteiger partial charge in [-0.2, -0.15) is 0 Å². The van der Waals surface area contributed by atoms with E-state index in [1.165, 1.54) is 0 Å². The smallest absolute Gasteiger partial charge is 0.204 e. The van der Waals surface area contributed by atoms with Gasteiger partial charge in [0.15, 0.2) is 11.1 Å². The van der Waals surface area contributed by atoms with Crippen molar-refractivity contribution in [1.82, 2.24) is 0 Å². The van der Waals surface area contributed by atoms with E-state index in [4.69, 9.17) is 4.55 Å². The molecule has 66 valence electrons. The second kappa shape index (κ2) is 4.33. The molecule has 1 rings (SSSR count). The first-order chi connectivity index (χ1) is 5.70. The fraction of sp³-hybridized carbons (Fsp3) is 0.250. The van der Waals surface area contributed by atoms with Crippen LogP contribution in [0, 0.1) is 0 Å². The summed E-state index contributed by atoms with van der Waals surface area (Å²) in [4.78, 5) is 0. The normalized spacial score (nSPS) is 15.5. The van der Waals surface area contributed by atoms with Gasteiger partial charge in [-0.25, -0.2) is 8.60 Å². The third-order valence-electron chi connectivity index (χ3n) is 1.46. The Hall–Kier alpha value is -0.740. The van der Waals surface area contributed by atoms with Crippen molar-refractivity contribution in [2.75, 3.05) is 0 Å². The van der Waals surface area contributed by atoms with Gasteiger partial charge in [0.2, 0.25) is 5.50 Å². The Kier molecular flexibility index (Phi) is 3.37. The Morgan fingerprint density at radius 3 is 2.50 bits per heavy atom. The predicted octanol–water partition coefficient (Wildman–Crippen LogP) is 1.75. The zero-order valence-electron chi connectivity index (χ0n) is 6.31. The minimum atomic E-state index is -2.38. The van der Waals surface area contributed by atoms with Gasteiger partial charge in [-0.1, -0.05) is 30.3 Å². The summed E-state index contributed by atoms with van der Waals surface area (Å²) >= 11 is -2.38. The van der Waals surface area contributed by atoms with Crippen LogP contribution in [0.1, 0.15) is 5.56 Å². The molecule has 0 radical (unpaired) electrons. The zero-order valence-corrected chi connectivity index (χ0v) is 7.13. The number of hydrogen-bond acceptors (Lipinski definition) is 1. The molecule has 0 spiro atoms. The van der Waals surface area contributed by atoms with E-state index in [1.54, 1.807) is 24.3 Å². The topological polar surface area (TPSA) is 37.3 Å². The number of hydrogen-bond donors (Lipinski definition) is 1. The van der Waals surface area contributed by atoms with Crippen molar-refractivity contribution in [3.63, 3.8) is 0 Å². The molecule has 1 aromatic rings. The molecule has 0 amide bonds. The number of alkyl halides is 1. The lowest BCUT2D eigenvalue weighted by atomic mass is 10.2. The molecule has 0 aliphatic carbocycles. The minimum Gasteiger partial charge on any atom is -0.304 e. The lowest BCUT2D eigenvalue weighted by Gasteiger charge is -2.02. The highest BCUT2D eigenvalue weighted by atomic mass is 32.2. The third kappa shape index (κ3) is 2.71. The Bertz CT molecular complexity index is 263. The number of benzene rings is 1. The Morgan fingerprint density at radius 1 is 1.42 bits per heavy atom. The number of rotatable bonds is 3. The van der Waals surface area contributed by atoms with Crippen molar-refractivity contribution in [3.8, 4) is 0 Å². The van der Waals surface area contributed by atoms with Crippen LogP contribution >= 0.6 is 0 Å². The summed E-state index contributed by atoms with van der Waals surface area (Å²) in [5.74, 6) is 0. The molecule has 2 atom stereocenters. The van der Waals surface area contributed by atoms with E-state index < -0.39 is 16.6 Å². The van der Waals surface area contributed by atoms with Gasteiger partial charge < -0.3 is 4.55 Å². The summed E-state index contributed by atoms with van der Waals surface area (Å²) in [6, 6.07) is 8.79. The highest BCUT2D eigenvalue weighted by Gasteiger charge is 2.12. The molecule has 0 fully saturated rings. The summed E-state index contributed by atoms with van der Waals surface area (Å²) in [6.07, 6.45) is -0.00997. The monoisotopic (exact) mass is 188 g/mol. The molecule has 0 aliphatic heterocycles. The number of halogens is 1. The van der Waals surface area contributed by atoms with Crippen LogP contribution in [0.4, 0.5) is 4.39 Å². The standard InChI is InChI=1S/C8H9FO2S/c9-8(12(10)11)6-7-4-2-1-3-5-7/h1-5,8H,6H2,(H,10,11). The van der Waals surface area contributed by atoms with Crippen LogP contribution in [0.5, 0.6) is 0 Å². The fourth-order valence-electron chi connectivity index (χ4n) is 0.871. The van der Waals surface area contributed by atoms with Crippen molar-refractivity contribution in [1.29, 1.82) is 0 Å². The highest BCUT2D eigenvalue weighted by molar-refractivity contribution is 7.79. The predicted molar refractivity (Wildman–Crippen MR) is 45.8 cm³/mol. The van der Waals surface area contributed by atoms with Crippen LogP contribution in [-0.2, 0) is 17.5 Å². The molecule has 4 heteroatoms. The molecular weight excluding hydrogens is 179 g/mol. The van der Waals surface area contributed by atoms with Gasteiger partial charge in [0.05, 0.1) is 0 Å². The van der Waals surface area contributed by atoms with Crippen molar-refractivity contribution >= 4 is 11.1 Å². The second-order valence-electron chi connectivity index (χ2n) is 2.38. The van der Waals surface area contributed by atoms with Crippen LogP contribution in [0.3, 0.4) is 0 Å². The van der Waals surface area contributed by atoms with Gasteiger partial charge >= 0.3 is 0 Å². The summed E-state index contributed by atoms with van der Waals surface area (Å²) < 4.78 is 31.3. The van der Waals surface area contributed by atoms with Gasteiger partial charge in [0, 0.05) is 6.42 Å². The first-order valence-corrected chi connectivity index (χ1v) is 4.65. The van der Waals surface area contributed by atoms with E-state index in [-0.39, 0.29) is 6.42 Å². The van der Waals surface area contributed by atoms with Crippen molar-refractivity contribution in [3.05, 3.63) is 35.9 Å². The third-order valence-corrected chi connectivity index (χ3v) is 2.06. The molecule has 0 saturated heterocycles. The first kappa shape index (κ1) is 9.35. The molecular formula is C8H9FO2S. The van der Waals surface area contributed by atoms with E-state index in [9.17, 15) is 8.60 Å². The Balaban J connectivity index is 2.58. The molecule has 0 saturated carbocycles. The maximum atomic E-state index is 12.7. The van der Waals surface area contributed by atoms with Crippen LogP contribution in [-0.4, -0.2) is 14.3 Å². The van der Waals surface area contributed by atoms with E-state index in [1.807, 2.05) is 6.07 Å². The van der Waals surface area contributed by atoms with E-state index in [0.717, 1.165) is 5.56 Å². The molecule has 0 aliphatic rings. The van der Waals surface area contributed by atoms with Crippen molar-refractivity contribution in [2.24, 2.45) is 0 Å². The quantitative estimate of drug-likeness (QED) is 0.734. The highest BCUT2D eigenvalue weighted by Crippen LogP contribution is 2.07. The molecule has 0 aromatic heterocycles. The molecule has 0 bridgehead atoms. The van der Waals surface area contributed by atoms with Crippen LogP contribution in [0.15, 0.2) is 30.3 Å². The molecule has 2 nitrogen and oxygen atoms in total. The Morgan fingerprint density at radius 2 is 2.00 bits per heavy atom. The van der Waals surface area contributed by atoms with Gasteiger partial charge in [0.1, 0.15) is 0 Å². The Labute approximate surface area is 72.7 Å². The van der Waals surface area contributed by atoms with Gasteiger partial charge in [-0.3, -0.25) is 0 Å². The van der Waals surface area contributed by atoms with Gasteiger partial charge in [-0.15, -0.1) is 0 Å². The van der Waals surface area contributed by atoms with E-state index >= 15 is 0 Å². The molecule has 2 unspecified atom stereocenters. The van der Waals surface area contributed by atoms with Crippen LogP contribution < -0.4 is 0 Å². The van der Waals surface area contributed by atoms with Crippen LogP contribution in [0.2, 0.25) is 0 Å². The summed E-state index contributed by atoms with van der Waals surface area (Å²) in [5, 5.41) is 0.